The number of fused-ring (bicyclic) bond motifs is 1. The molecule has 0 aliphatic carbocycles. The van der Waals surface area contributed by atoms with Crippen molar-refractivity contribution in [3.63, 3.8) is 0 Å². The molecule has 1 aliphatic heterocycles. The first kappa shape index (κ1) is 14.8. The van der Waals surface area contributed by atoms with Crippen LogP contribution in [-0.2, 0) is 11.3 Å². The molecule has 0 atom stereocenters. The Bertz CT molecular complexity index is 697. The van der Waals surface area contributed by atoms with Crippen molar-refractivity contribution in [1.82, 2.24) is 20.2 Å². The van der Waals surface area contributed by atoms with Crippen molar-refractivity contribution in [2.24, 2.45) is 0 Å². The summed E-state index contributed by atoms with van der Waals surface area (Å²) in [5.74, 6) is 0.0851. The van der Waals surface area contributed by atoms with E-state index in [2.05, 4.69) is 20.2 Å². The number of rotatable bonds is 6. The van der Waals surface area contributed by atoms with Gasteiger partial charge in [0.05, 0.1) is 11.0 Å². The summed E-state index contributed by atoms with van der Waals surface area (Å²) in [6.45, 7) is 3.86. The van der Waals surface area contributed by atoms with E-state index >= 15 is 0 Å². The molecule has 1 aromatic heterocycles. The molecule has 118 valence electrons. The Labute approximate surface area is 128 Å². The maximum Gasteiger partial charge on any atom is 0.323 e. The number of aromatic amines is 2. The van der Waals surface area contributed by atoms with Gasteiger partial charge in [0, 0.05) is 13.0 Å². The van der Waals surface area contributed by atoms with Crippen molar-refractivity contribution < 1.29 is 4.79 Å². The standard InChI is InChI=1S/C16H22N4O2/c21-15(4-3-9-20-7-1-2-8-20)17-11-12-5-6-13-14(10-12)19-16(22)18-13/h5-6,10H,1-4,7-9,11H2,(H,17,21)(H2,18,19,22). The van der Waals surface area contributed by atoms with Gasteiger partial charge in [-0.15, -0.1) is 0 Å². The first-order valence-corrected chi connectivity index (χ1v) is 7.91. The fourth-order valence-corrected chi connectivity index (χ4v) is 2.95. The maximum atomic E-state index is 11.9. The Morgan fingerprint density at radius 2 is 1.95 bits per heavy atom. The summed E-state index contributed by atoms with van der Waals surface area (Å²) < 4.78 is 0. The van der Waals surface area contributed by atoms with Crippen LogP contribution in [0.5, 0.6) is 0 Å². The molecule has 6 nitrogen and oxygen atoms in total. The van der Waals surface area contributed by atoms with E-state index in [1.807, 2.05) is 18.2 Å². The first-order chi connectivity index (χ1) is 10.7. The summed E-state index contributed by atoms with van der Waals surface area (Å²) in [6, 6.07) is 5.65. The summed E-state index contributed by atoms with van der Waals surface area (Å²) in [7, 11) is 0. The molecular weight excluding hydrogens is 280 g/mol. The third-order valence-electron chi connectivity index (χ3n) is 4.15. The molecule has 0 radical (unpaired) electrons. The minimum Gasteiger partial charge on any atom is -0.352 e. The maximum absolute atomic E-state index is 11.9. The number of aromatic nitrogens is 2. The summed E-state index contributed by atoms with van der Waals surface area (Å²) in [6.07, 6.45) is 4.06. The van der Waals surface area contributed by atoms with Crippen LogP contribution in [0.3, 0.4) is 0 Å². The summed E-state index contributed by atoms with van der Waals surface area (Å²) in [5, 5.41) is 2.94. The molecule has 1 fully saturated rings. The number of carbonyl (C=O) groups is 1. The second-order valence-electron chi connectivity index (χ2n) is 5.89. The second kappa shape index (κ2) is 6.79. The highest BCUT2D eigenvalue weighted by Gasteiger charge is 2.11. The quantitative estimate of drug-likeness (QED) is 0.753. The lowest BCUT2D eigenvalue weighted by Crippen LogP contribution is -2.25. The van der Waals surface area contributed by atoms with Crippen LogP contribution in [0, 0.1) is 0 Å². The van der Waals surface area contributed by atoms with Crippen LogP contribution in [0.25, 0.3) is 11.0 Å². The summed E-state index contributed by atoms with van der Waals surface area (Å²) >= 11 is 0. The number of hydrogen-bond acceptors (Lipinski definition) is 3. The molecule has 2 aromatic rings. The first-order valence-electron chi connectivity index (χ1n) is 7.91. The highest BCUT2D eigenvalue weighted by molar-refractivity contribution is 5.77. The van der Waals surface area contributed by atoms with E-state index in [0.29, 0.717) is 13.0 Å². The molecule has 1 saturated heterocycles. The van der Waals surface area contributed by atoms with Crippen molar-refractivity contribution in [3.8, 4) is 0 Å². The number of likely N-dealkylation sites (tertiary alicyclic amines) is 1. The summed E-state index contributed by atoms with van der Waals surface area (Å²) in [4.78, 5) is 30.9. The zero-order chi connectivity index (χ0) is 15.4. The lowest BCUT2D eigenvalue weighted by Gasteiger charge is -2.13. The van der Waals surface area contributed by atoms with Crippen LogP contribution in [0.2, 0.25) is 0 Å². The fraction of sp³-hybridized carbons (Fsp3) is 0.500. The van der Waals surface area contributed by atoms with Gasteiger partial charge in [0.1, 0.15) is 0 Å². The number of hydrogen-bond donors (Lipinski definition) is 3. The van der Waals surface area contributed by atoms with Gasteiger partial charge < -0.3 is 20.2 Å². The monoisotopic (exact) mass is 302 g/mol. The van der Waals surface area contributed by atoms with Crippen LogP contribution >= 0.6 is 0 Å². The van der Waals surface area contributed by atoms with Gasteiger partial charge in [0.2, 0.25) is 5.91 Å². The number of H-pyrrole nitrogens is 2. The molecule has 1 amide bonds. The summed E-state index contributed by atoms with van der Waals surface area (Å²) in [5.41, 5.74) is 2.32. The number of nitrogens with zero attached hydrogens (tertiary/aromatic N) is 1. The number of nitrogens with one attached hydrogen (secondary N) is 3. The third-order valence-corrected chi connectivity index (χ3v) is 4.15. The second-order valence-corrected chi connectivity index (χ2v) is 5.89. The van der Waals surface area contributed by atoms with Crippen molar-refractivity contribution in [2.45, 2.75) is 32.2 Å². The molecule has 1 aromatic carbocycles. The van der Waals surface area contributed by atoms with Crippen molar-refractivity contribution >= 4 is 16.9 Å². The van der Waals surface area contributed by atoms with Gasteiger partial charge in [-0.25, -0.2) is 4.79 Å². The highest BCUT2D eigenvalue weighted by atomic mass is 16.1. The molecule has 1 aliphatic rings. The Morgan fingerprint density at radius 3 is 2.77 bits per heavy atom. The van der Waals surface area contributed by atoms with E-state index in [0.717, 1.165) is 29.6 Å². The molecule has 22 heavy (non-hydrogen) atoms. The molecule has 6 heteroatoms. The molecular formula is C16H22N4O2. The lowest BCUT2D eigenvalue weighted by molar-refractivity contribution is -0.121. The Morgan fingerprint density at radius 1 is 1.18 bits per heavy atom. The normalized spacial score (nSPS) is 15.5. The number of carbonyl (C=O) groups excluding carboxylic acids is 1. The van der Waals surface area contributed by atoms with Crippen molar-refractivity contribution in [2.75, 3.05) is 19.6 Å². The van der Waals surface area contributed by atoms with Gasteiger partial charge in [-0.3, -0.25) is 4.79 Å². The average Bonchev–Trinajstić information content (AvgIpc) is 3.12. The highest BCUT2D eigenvalue weighted by Crippen LogP contribution is 2.10. The minimum atomic E-state index is -0.210. The van der Waals surface area contributed by atoms with Crippen LogP contribution in [0.1, 0.15) is 31.2 Å². The van der Waals surface area contributed by atoms with Crippen LogP contribution in [0.15, 0.2) is 23.0 Å². The van der Waals surface area contributed by atoms with Crippen molar-refractivity contribution in [3.05, 3.63) is 34.2 Å². The molecule has 3 N–H and O–H groups in total. The van der Waals surface area contributed by atoms with Gasteiger partial charge in [0.15, 0.2) is 0 Å². The van der Waals surface area contributed by atoms with Gasteiger partial charge in [-0.2, -0.15) is 0 Å². The minimum absolute atomic E-state index is 0.0851. The molecule has 0 spiro atoms. The molecule has 3 rings (SSSR count). The van der Waals surface area contributed by atoms with Gasteiger partial charge >= 0.3 is 5.69 Å². The van der Waals surface area contributed by atoms with Crippen molar-refractivity contribution in [1.29, 1.82) is 0 Å². The Kier molecular flexibility index (Phi) is 4.58. The smallest absolute Gasteiger partial charge is 0.323 e. The third kappa shape index (κ3) is 3.76. The number of amides is 1. The zero-order valence-electron chi connectivity index (χ0n) is 12.7. The van der Waals surface area contributed by atoms with E-state index in [-0.39, 0.29) is 11.6 Å². The van der Waals surface area contributed by atoms with E-state index in [9.17, 15) is 9.59 Å². The van der Waals surface area contributed by atoms with Crippen LogP contribution in [-0.4, -0.2) is 40.4 Å². The molecule has 0 saturated carbocycles. The molecule has 2 heterocycles. The van der Waals surface area contributed by atoms with Gasteiger partial charge in [-0.05, 0) is 56.6 Å². The van der Waals surface area contributed by atoms with Gasteiger partial charge in [0.25, 0.3) is 0 Å². The largest absolute Gasteiger partial charge is 0.352 e. The van der Waals surface area contributed by atoms with Crippen LogP contribution < -0.4 is 11.0 Å². The average molecular weight is 302 g/mol. The predicted octanol–water partition coefficient (Wildman–Crippen LogP) is 1.35. The Hall–Kier alpha value is -2.08. The lowest BCUT2D eigenvalue weighted by atomic mass is 10.2. The molecule has 0 bridgehead atoms. The van der Waals surface area contributed by atoms with E-state index in [1.54, 1.807) is 0 Å². The Balaban J connectivity index is 1.44. The predicted molar refractivity (Wildman–Crippen MR) is 85.7 cm³/mol. The van der Waals surface area contributed by atoms with Gasteiger partial charge in [-0.1, -0.05) is 6.07 Å². The number of imidazole rings is 1. The molecule has 0 unspecified atom stereocenters. The van der Waals surface area contributed by atoms with Crippen LogP contribution in [0.4, 0.5) is 0 Å². The van der Waals surface area contributed by atoms with E-state index < -0.39 is 0 Å². The zero-order valence-corrected chi connectivity index (χ0v) is 12.7. The topological polar surface area (TPSA) is 81.0 Å². The van der Waals surface area contributed by atoms with E-state index in [1.165, 1.54) is 25.9 Å². The SMILES string of the molecule is O=C(CCCN1CCCC1)NCc1ccc2[nH]c(=O)[nH]c2c1. The fourth-order valence-electron chi connectivity index (χ4n) is 2.95. The van der Waals surface area contributed by atoms with E-state index in [4.69, 9.17) is 0 Å². The number of benzene rings is 1.